The molecule has 37 heavy (non-hydrogen) atoms. The Morgan fingerprint density at radius 1 is 0.973 bits per heavy atom. The number of fused-ring (bicyclic) bond motifs is 2. The Bertz CT molecular complexity index is 1100. The third-order valence-corrected chi connectivity index (χ3v) is 7.97. The summed E-state index contributed by atoms with van der Waals surface area (Å²) in [5, 5.41) is 16.5. The topological polar surface area (TPSA) is 99.5 Å². The van der Waals surface area contributed by atoms with Gasteiger partial charge in [-0.1, -0.05) is 41.6 Å². The lowest BCUT2D eigenvalue weighted by Crippen LogP contribution is -2.48. The van der Waals surface area contributed by atoms with E-state index in [2.05, 4.69) is 46.2 Å². The number of piperazine rings is 1. The standard InChI is InChI=1S/C23H27ClN2O2S.C4H4O4/c24-18-5-6-22-19(16-18)20(15-17-3-1-2-4-21(17)29-22)26-11-9-25(10-12-26)8-7-23-27-13-14-28-23;5-3(6)1-2-4(7)8/h1-6,16,20,23H,7-15H2;1-2H,(H,5,6)(H,7,8). The van der Waals surface area contributed by atoms with Crippen molar-refractivity contribution in [2.24, 2.45) is 0 Å². The minimum absolute atomic E-state index is 0.00238. The molecule has 5 rings (SSSR count). The minimum Gasteiger partial charge on any atom is -0.478 e. The molecule has 2 fully saturated rings. The number of nitrogens with zero attached hydrogens (tertiary/aromatic N) is 2. The SMILES string of the molecule is Clc1ccc2c(c1)C(N1CCN(CCC3OCCO3)CC1)Cc1ccccc1S2.O=C(O)C=CC(=O)O. The predicted molar refractivity (Wildman–Crippen MR) is 141 cm³/mol. The fourth-order valence-corrected chi connectivity index (χ4v) is 6.01. The van der Waals surface area contributed by atoms with E-state index in [1.807, 2.05) is 17.8 Å². The Hall–Kier alpha value is -2.40. The summed E-state index contributed by atoms with van der Waals surface area (Å²) >= 11 is 8.29. The van der Waals surface area contributed by atoms with Crippen molar-refractivity contribution in [3.63, 3.8) is 0 Å². The fourth-order valence-electron chi connectivity index (χ4n) is 4.71. The van der Waals surface area contributed by atoms with E-state index in [4.69, 9.17) is 31.3 Å². The maximum absolute atomic E-state index is 9.55. The number of benzene rings is 2. The molecule has 2 aromatic carbocycles. The molecule has 0 bridgehead atoms. The Morgan fingerprint density at radius 2 is 1.65 bits per heavy atom. The van der Waals surface area contributed by atoms with Gasteiger partial charge in [0.05, 0.1) is 13.2 Å². The van der Waals surface area contributed by atoms with Gasteiger partial charge in [-0.3, -0.25) is 4.90 Å². The van der Waals surface area contributed by atoms with E-state index in [1.54, 1.807) is 0 Å². The molecule has 1 atom stereocenters. The van der Waals surface area contributed by atoms with Gasteiger partial charge >= 0.3 is 11.9 Å². The number of carboxylic acids is 2. The second kappa shape index (κ2) is 13.4. The van der Waals surface area contributed by atoms with Gasteiger partial charge in [-0.25, -0.2) is 9.59 Å². The van der Waals surface area contributed by atoms with Crippen LogP contribution >= 0.6 is 23.4 Å². The first-order chi connectivity index (χ1) is 17.9. The molecule has 198 valence electrons. The van der Waals surface area contributed by atoms with Crippen LogP contribution in [0.1, 0.15) is 23.6 Å². The van der Waals surface area contributed by atoms with E-state index in [0.717, 1.165) is 63.8 Å². The molecule has 0 amide bonds. The first-order valence-corrected chi connectivity index (χ1v) is 13.5. The number of rotatable bonds is 6. The molecule has 2 saturated heterocycles. The van der Waals surface area contributed by atoms with Gasteiger partial charge in [-0.05, 0) is 41.8 Å². The maximum atomic E-state index is 9.55. The van der Waals surface area contributed by atoms with Gasteiger partial charge in [-0.2, -0.15) is 0 Å². The van der Waals surface area contributed by atoms with Crippen molar-refractivity contribution in [2.45, 2.75) is 35.0 Å². The Balaban J connectivity index is 0.000000349. The zero-order valence-electron chi connectivity index (χ0n) is 20.4. The van der Waals surface area contributed by atoms with Crippen LogP contribution in [0.4, 0.5) is 0 Å². The molecule has 2 N–H and O–H groups in total. The van der Waals surface area contributed by atoms with Crippen molar-refractivity contribution >= 4 is 35.3 Å². The van der Waals surface area contributed by atoms with E-state index in [9.17, 15) is 9.59 Å². The summed E-state index contributed by atoms with van der Waals surface area (Å²) in [4.78, 5) is 27.0. The number of carbonyl (C=O) groups is 2. The molecular formula is C27H31ClN2O6S. The van der Waals surface area contributed by atoms with Crippen LogP contribution in [-0.4, -0.2) is 84.2 Å². The van der Waals surface area contributed by atoms with E-state index in [0.29, 0.717) is 18.2 Å². The van der Waals surface area contributed by atoms with E-state index in [-0.39, 0.29) is 6.29 Å². The summed E-state index contributed by atoms with van der Waals surface area (Å²) in [5.74, 6) is -2.51. The lowest BCUT2D eigenvalue weighted by Gasteiger charge is -2.40. The van der Waals surface area contributed by atoms with Crippen LogP contribution in [0.2, 0.25) is 5.02 Å². The van der Waals surface area contributed by atoms with E-state index < -0.39 is 11.9 Å². The number of aliphatic carboxylic acids is 2. The summed E-state index contributed by atoms with van der Waals surface area (Å²) in [7, 11) is 0. The van der Waals surface area contributed by atoms with Crippen LogP contribution in [-0.2, 0) is 25.5 Å². The Labute approximate surface area is 225 Å². The minimum atomic E-state index is -1.26. The summed E-state index contributed by atoms with van der Waals surface area (Å²) in [6.07, 6.45) is 3.12. The number of ether oxygens (including phenoxy) is 2. The Morgan fingerprint density at radius 3 is 2.32 bits per heavy atom. The smallest absolute Gasteiger partial charge is 0.328 e. The molecule has 0 saturated carbocycles. The quantitative estimate of drug-likeness (QED) is 0.517. The van der Waals surface area contributed by atoms with Gasteiger partial charge in [0, 0.05) is 72.2 Å². The molecule has 0 radical (unpaired) electrons. The van der Waals surface area contributed by atoms with Crippen molar-refractivity contribution in [2.75, 3.05) is 45.9 Å². The fraction of sp³-hybridized carbons (Fsp3) is 0.407. The van der Waals surface area contributed by atoms with Gasteiger partial charge < -0.3 is 24.6 Å². The zero-order chi connectivity index (χ0) is 26.2. The van der Waals surface area contributed by atoms with Crippen molar-refractivity contribution in [3.05, 3.63) is 70.8 Å². The van der Waals surface area contributed by atoms with Crippen molar-refractivity contribution < 1.29 is 29.3 Å². The van der Waals surface area contributed by atoms with Crippen LogP contribution in [0, 0.1) is 0 Å². The predicted octanol–water partition coefficient (Wildman–Crippen LogP) is 4.18. The third-order valence-electron chi connectivity index (χ3n) is 6.52. The van der Waals surface area contributed by atoms with Crippen LogP contribution in [0.25, 0.3) is 0 Å². The van der Waals surface area contributed by atoms with Gasteiger partial charge in [0.15, 0.2) is 6.29 Å². The average Bonchev–Trinajstić information content (AvgIpc) is 3.36. The van der Waals surface area contributed by atoms with Crippen molar-refractivity contribution in [1.82, 2.24) is 9.80 Å². The monoisotopic (exact) mass is 546 g/mol. The molecule has 0 aliphatic carbocycles. The molecule has 0 aromatic heterocycles. The number of carboxylic acid groups (broad SMARTS) is 2. The molecule has 8 nitrogen and oxygen atoms in total. The second-order valence-electron chi connectivity index (χ2n) is 8.96. The van der Waals surface area contributed by atoms with E-state index >= 15 is 0 Å². The normalized spacial score (nSPS) is 20.5. The van der Waals surface area contributed by atoms with Gasteiger partial charge in [0.25, 0.3) is 0 Å². The number of hydrogen-bond donors (Lipinski definition) is 2. The van der Waals surface area contributed by atoms with Crippen LogP contribution in [0.15, 0.2) is 64.4 Å². The lowest BCUT2D eigenvalue weighted by atomic mass is 9.96. The molecule has 3 aliphatic heterocycles. The summed E-state index contributed by atoms with van der Waals surface area (Å²) in [5.41, 5.74) is 2.81. The first-order valence-electron chi connectivity index (χ1n) is 12.3. The maximum Gasteiger partial charge on any atom is 0.328 e. The third kappa shape index (κ3) is 8.04. The zero-order valence-corrected chi connectivity index (χ0v) is 22.0. The van der Waals surface area contributed by atoms with Gasteiger partial charge in [-0.15, -0.1) is 0 Å². The second-order valence-corrected chi connectivity index (χ2v) is 10.5. The summed E-state index contributed by atoms with van der Waals surface area (Å²) < 4.78 is 11.2. The molecule has 1 unspecified atom stereocenters. The van der Waals surface area contributed by atoms with Crippen LogP contribution < -0.4 is 0 Å². The summed E-state index contributed by atoms with van der Waals surface area (Å²) in [6.45, 7) is 6.86. The van der Waals surface area contributed by atoms with Gasteiger partial charge in [0.2, 0.25) is 0 Å². The van der Waals surface area contributed by atoms with Crippen LogP contribution in [0.5, 0.6) is 0 Å². The number of halogens is 1. The lowest BCUT2D eigenvalue weighted by molar-refractivity contribution is -0.134. The molecule has 3 heterocycles. The van der Waals surface area contributed by atoms with E-state index in [1.165, 1.54) is 20.9 Å². The molecular weight excluding hydrogens is 516 g/mol. The average molecular weight is 547 g/mol. The van der Waals surface area contributed by atoms with Crippen molar-refractivity contribution in [1.29, 1.82) is 0 Å². The number of hydrogen-bond acceptors (Lipinski definition) is 7. The van der Waals surface area contributed by atoms with Crippen molar-refractivity contribution in [3.8, 4) is 0 Å². The largest absolute Gasteiger partial charge is 0.478 e. The summed E-state index contributed by atoms with van der Waals surface area (Å²) in [6, 6.07) is 15.6. The molecule has 10 heteroatoms. The highest BCUT2D eigenvalue weighted by Crippen LogP contribution is 2.43. The highest BCUT2D eigenvalue weighted by molar-refractivity contribution is 7.99. The highest BCUT2D eigenvalue weighted by Gasteiger charge is 2.30. The van der Waals surface area contributed by atoms with Crippen LogP contribution in [0.3, 0.4) is 0 Å². The Kier molecular flexibility index (Phi) is 10.0. The van der Waals surface area contributed by atoms with Gasteiger partial charge in [0.1, 0.15) is 0 Å². The molecule has 2 aromatic rings. The molecule has 3 aliphatic rings. The first kappa shape index (κ1) is 27.6. The highest BCUT2D eigenvalue weighted by atomic mass is 35.5. The molecule has 0 spiro atoms.